The molecule has 16 heavy (non-hydrogen) atoms. The molecule has 5 nitrogen and oxygen atoms in total. The van der Waals surface area contributed by atoms with Gasteiger partial charge in [0.05, 0.1) is 4.92 Å². The topological polar surface area (TPSA) is 81.2 Å². The second-order valence-corrected chi connectivity index (χ2v) is 4.57. The van der Waals surface area contributed by atoms with E-state index in [9.17, 15) is 10.1 Å². The van der Waals surface area contributed by atoms with Crippen LogP contribution in [-0.4, -0.2) is 17.0 Å². The number of nitrogens with zero attached hydrogens (tertiary/aromatic N) is 1. The molecule has 0 heterocycles. The third-order valence-electron chi connectivity index (χ3n) is 2.17. The summed E-state index contributed by atoms with van der Waals surface area (Å²) in [5.74, 6) is 0. The van der Waals surface area contributed by atoms with Crippen LogP contribution in [-0.2, 0) is 0 Å². The Morgan fingerprint density at radius 3 is 2.62 bits per heavy atom. The summed E-state index contributed by atoms with van der Waals surface area (Å²) in [5, 5.41) is 13.9. The van der Waals surface area contributed by atoms with E-state index in [2.05, 4.69) is 5.32 Å². The summed E-state index contributed by atoms with van der Waals surface area (Å²) in [5.41, 5.74) is 6.90. The van der Waals surface area contributed by atoms with Gasteiger partial charge in [0.15, 0.2) is 0 Å². The van der Waals surface area contributed by atoms with Gasteiger partial charge in [0.25, 0.3) is 5.69 Å². The van der Waals surface area contributed by atoms with Crippen molar-refractivity contribution in [3.8, 4) is 0 Å². The Labute approximate surface area is 94.8 Å². The average molecular weight is 223 g/mol. The molecule has 1 aromatic carbocycles. The smallest absolute Gasteiger partial charge is 0.292 e. The number of benzene rings is 1. The van der Waals surface area contributed by atoms with Crippen molar-refractivity contribution < 1.29 is 4.92 Å². The molecule has 0 aliphatic rings. The van der Waals surface area contributed by atoms with Crippen LogP contribution in [0.5, 0.6) is 0 Å². The van der Waals surface area contributed by atoms with Gasteiger partial charge in [-0.2, -0.15) is 0 Å². The number of rotatable bonds is 4. The average Bonchev–Trinajstić information content (AvgIpc) is 2.13. The van der Waals surface area contributed by atoms with Gasteiger partial charge >= 0.3 is 0 Å². The molecule has 0 saturated carbocycles. The van der Waals surface area contributed by atoms with Crippen molar-refractivity contribution in [2.24, 2.45) is 5.73 Å². The number of nitro benzene ring substituents is 1. The van der Waals surface area contributed by atoms with E-state index < -0.39 is 10.5 Å². The Bertz CT molecular complexity index is 397. The number of anilines is 1. The Morgan fingerprint density at radius 1 is 1.50 bits per heavy atom. The van der Waals surface area contributed by atoms with Crippen LogP contribution in [0.2, 0.25) is 0 Å². The summed E-state index contributed by atoms with van der Waals surface area (Å²) >= 11 is 0. The summed E-state index contributed by atoms with van der Waals surface area (Å²) in [6, 6.07) is 4.99. The summed E-state index contributed by atoms with van der Waals surface area (Å²) in [6.45, 7) is 6.05. The van der Waals surface area contributed by atoms with Gasteiger partial charge in [-0.1, -0.05) is 12.1 Å². The summed E-state index contributed by atoms with van der Waals surface area (Å²) in [6.07, 6.45) is 0. The Balaban J connectivity index is 2.98. The van der Waals surface area contributed by atoms with Crippen LogP contribution in [0.25, 0.3) is 0 Å². The first-order valence-electron chi connectivity index (χ1n) is 5.08. The molecule has 1 rings (SSSR count). The first-order chi connectivity index (χ1) is 7.31. The third-order valence-corrected chi connectivity index (χ3v) is 2.17. The van der Waals surface area contributed by atoms with E-state index in [1.54, 1.807) is 6.07 Å². The lowest BCUT2D eigenvalue weighted by molar-refractivity contribution is -0.384. The van der Waals surface area contributed by atoms with Gasteiger partial charge in [-0.05, 0) is 26.3 Å². The van der Waals surface area contributed by atoms with Crippen LogP contribution in [0.3, 0.4) is 0 Å². The first kappa shape index (κ1) is 12.4. The molecule has 0 aliphatic carbocycles. The van der Waals surface area contributed by atoms with Crippen LogP contribution in [0.1, 0.15) is 19.4 Å². The number of nitro groups is 1. The lowest BCUT2D eigenvalue weighted by Gasteiger charge is -2.20. The van der Waals surface area contributed by atoms with Crippen molar-refractivity contribution >= 4 is 11.4 Å². The fourth-order valence-electron chi connectivity index (χ4n) is 1.35. The molecule has 0 atom stereocenters. The van der Waals surface area contributed by atoms with E-state index >= 15 is 0 Å². The number of aryl methyl sites for hydroxylation is 1. The maximum Gasteiger partial charge on any atom is 0.292 e. The van der Waals surface area contributed by atoms with E-state index in [0.717, 1.165) is 5.56 Å². The number of nitrogens with two attached hydrogens (primary N) is 1. The SMILES string of the molecule is Cc1cccc([N+](=O)[O-])c1NCC(C)(C)N. The van der Waals surface area contributed by atoms with Crippen LogP contribution < -0.4 is 11.1 Å². The number of nitrogens with one attached hydrogen (secondary N) is 1. The maximum absolute atomic E-state index is 10.8. The molecule has 5 heteroatoms. The minimum Gasteiger partial charge on any atom is -0.377 e. The molecule has 0 amide bonds. The molecular formula is C11H17N3O2. The van der Waals surface area contributed by atoms with Crippen molar-refractivity contribution in [3.63, 3.8) is 0 Å². The Morgan fingerprint density at radius 2 is 2.12 bits per heavy atom. The molecule has 88 valence electrons. The van der Waals surface area contributed by atoms with Crippen molar-refractivity contribution in [2.45, 2.75) is 26.3 Å². The molecule has 0 radical (unpaired) electrons. The summed E-state index contributed by atoms with van der Waals surface area (Å²) in [4.78, 5) is 10.4. The maximum atomic E-state index is 10.8. The highest BCUT2D eigenvalue weighted by Gasteiger charge is 2.17. The molecule has 0 aromatic heterocycles. The molecule has 0 unspecified atom stereocenters. The lowest BCUT2D eigenvalue weighted by atomic mass is 10.1. The molecule has 0 fully saturated rings. The molecule has 0 saturated heterocycles. The van der Waals surface area contributed by atoms with Crippen LogP contribution in [0.15, 0.2) is 18.2 Å². The zero-order valence-electron chi connectivity index (χ0n) is 9.78. The molecule has 0 spiro atoms. The quantitative estimate of drug-likeness (QED) is 0.604. The normalized spacial score (nSPS) is 11.2. The second kappa shape index (κ2) is 4.49. The zero-order chi connectivity index (χ0) is 12.3. The minimum atomic E-state index is -0.407. The van der Waals surface area contributed by atoms with Gasteiger partial charge in [-0.15, -0.1) is 0 Å². The standard InChI is InChI=1S/C11H17N3O2/c1-8-5-4-6-9(14(15)16)10(8)13-7-11(2,3)12/h4-6,13H,7,12H2,1-3H3. The van der Waals surface area contributed by atoms with Crippen LogP contribution in [0, 0.1) is 17.0 Å². The fraction of sp³-hybridized carbons (Fsp3) is 0.455. The predicted molar refractivity (Wildman–Crippen MR) is 64.6 cm³/mol. The lowest BCUT2D eigenvalue weighted by Crippen LogP contribution is -2.39. The molecule has 1 aromatic rings. The number of hydrogen-bond acceptors (Lipinski definition) is 4. The predicted octanol–water partition coefficient (Wildman–Crippen LogP) is 2.05. The highest BCUT2D eigenvalue weighted by Crippen LogP contribution is 2.27. The molecule has 0 bridgehead atoms. The van der Waals surface area contributed by atoms with E-state index in [1.165, 1.54) is 6.07 Å². The van der Waals surface area contributed by atoms with Gasteiger partial charge < -0.3 is 11.1 Å². The van der Waals surface area contributed by atoms with Crippen molar-refractivity contribution in [2.75, 3.05) is 11.9 Å². The number of hydrogen-bond donors (Lipinski definition) is 2. The highest BCUT2D eigenvalue weighted by atomic mass is 16.6. The van der Waals surface area contributed by atoms with E-state index in [4.69, 9.17) is 5.73 Å². The Hall–Kier alpha value is -1.62. The van der Waals surface area contributed by atoms with Gasteiger partial charge in [0.1, 0.15) is 5.69 Å². The molecular weight excluding hydrogens is 206 g/mol. The van der Waals surface area contributed by atoms with E-state index in [-0.39, 0.29) is 5.69 Å². The monoisotopic (exact) mass is 223 g/mol. The minimum absolute atomic E-state index is 0.0873. The van der Waals surface area contributed by atoms with Gasteiger partial charge in [0.2, 0.25) is 0 Å². The zero-order valence-corrected chi connectivity index (χ0v) is 9.78. The summed E-state index contributed by atoms with van der Waals surface area (Å²) in [7, 11) is 0. The number of para-hydroxylation sites is 1. The van der Waals surface area contributed by atoms with Crippen LogP contribution in [0.4, 0.5) is 11.4 Å². The van der Waals surface area contributed by atoms with Gasteiger partial charge in [0, 0.05) is 18.2 Å². The Kier molecular flexibility index (Phi) is 3.49. The highest BCUT2D eigenvalue weighted by molar-refractivity contribution is 5.66. The van der Waals surface area contributed by atoms with Crippen molar-refractivity contribution in [3.05, 3.63) is 33.9 Å². The third kappa shape index (κ3) is 3.20. The first-order valence-corrected chi connectivity index (χ1v) is 5.08. The largest absolute Gasteiger partial charge is 0.377 e. The molecule has 3 N–H and O–H groups in total. The second-order valence-electron chi connectivity index (χ2n) is 4.57. The van der Waals surface area contributed by atoms with E-state index in [0.29, 0.717) is 12.2 Å². The van der Waals surface area contributed by atoms with Crippen molar-refractivity contribution in [1.82, 2.24) is 0 Å². The van der Waals surface area contributed by atoms with Gasteiger partial charge in [-0.25, -0.2) is 0 Å². The summed E-state index contributed by atoms with van der Waals surface area (Å²) < 4.78 is 0. The van der Waals surface area contributed by atoms with Crippen molar-refractivity contribution in [1.29, 1.82) is 0 Å². The molecule has 0 aliphatic heterocycles. The fourth-order valence-corrected chi connectivity index (χ4v) is 1.35. The van der Waals surface area contributed by atoms with Crippen LogP contribution >= 0.6 is 0 Å². The van der Waals surface area contributed by atoms with Gasteiger partial charge in [-0.3, -0.25) is 10.1 Å². The van der Waals surface area contributed by atoms with E-state index in [1.807, 2.05) is 26.8 Å².